The number of methoxy groups -OCH3 is 1. The summed E-state index contributed by atoms with van der Waals surface area (Å²) < 4.78 is 5.26. The molecule has 1 N–H and O–H groups in total. The molecule has 3 aromatic rings. The van der Waals surface area contributed by atoms with Gasteiger partial charge in [-0.15, -0.1) is 0 Å². The van der Waals surface area contributed by atoms with Crippen LogP contribution in [0.1, 0.15) is 35.3 Å². The standard InChI is InChI=1S/C23H26N2O2/c1-27-20-10-9-19-15-22(24-21(19)16-20)23(26)25-13-11-18(12-14-25)8-7-17-5-3-2-4-6-17/h2-6,9-10,15-16,18,24H,7-8,11-14H2,1H3. The maximum Gasteiger partial charge on any atom is 0.270 e. The quantitative estimate of drug-likeness (QED) is 0.717. The molecule has 0 unspecified atom stereocenters. The molecule has 1 aliphatic rings. The van der Waals surface area contributed by atoms with Crippen molar-refractivity contribution in [2.75, 3.05) is 20.2 Å². The highest BCUT2D eigenvalue weighted by atomic mass is 16.5. The summed E-state index contributed by atoms with van der Waals surface area (Å²) in [4.78, 5) is 18.1. The molecule has 0 aliphatic carbocycles. The molecule has 2 heterocycles. The molecule has 0 saturated carbocycles. The number of benzene rings is 2. The number of fused-ring (bicyclic) bond motifs is 1. The van der Waals surface area contributed by atoms with Crippen molar-refractivity contribution < 1.29 is 9.53 Å². The van der Waals surface area contributed by atoms with Crippen molar-refractivity contribution in [2.45, 2.75) is 25.7 Å². The lowest BCUT2D eigenvalue weighted by Gasteiger charge is -2.31. The Bertz CT molecular complexity index is 909. The summed E-state index contributed by atoms with van der Waals surface area (Å²) in [5.41, 5.74) is 3.01. The van der Waals surface area contributed by atoms with Gasteiger partial charge in [-0.25, -0.2) is 0 Å². The van der Waals surface area contributed by atoms with Crippen LogP contribution in [0, 0.1) is 5.92 Å². The van der Waals surface area contributed by atoms with Gasteiger partial charge in [-0.1, -0.05) is 30.3 Å². The zero-order chi connectivity index (χ0) is 18.6. The average Bonchev–Trinajstić information content (AvgIpc) is 3.16. The molecular formula is C23H26N2O2. The Kier molecular flexibility index (Phi) is 5.14. The number of ether oxygens (including phenoxy) is 1. The predicted molar refractivity (Wildman–Crippen MR) is 108 cm³/mol. The fourth-order valence-corrected chi connectivity index (χ4v) is 3.96. The fraction of sp³-hybridized carbons (Fsp3) is 0.348. The normalized spacial score (nSPS) is 15.2. The van der Waals surface area contributed by atoms with E-state index in [2.05, 4.69) is 35.3 Å². The first-order valence-electron chi connectivity index (χ1n) is 9.73. The van der Waals surface area contributed by atoms with Crippen LogP contribution < -0.4 is 4.74 Å². The molecule has 1 fully saturated rings. The molecule has 140 valence electrons. The molecule has 1 saturated heterocycles. The van der Waals surface area contributed by atoms with Gasteiger partial charge in [0.25, 0.3) is 5.91 Å². The van der Waals surface area contributed by atoms with Crippen LogP contribution in [-0.4, -0.2) is 36.0 Å². The molecule has 4 heteroatoms. The first kappa shape index (κ1) is 17.7. The van der Waals surface area contributed by atoms with Gasteiger partial charge in [-0.05, 0) is 55.4 Å². The van der Waals surface area contributed by atoms with Crippen LogP contribution in [0.5, 0.6) is 5.75 Å². The smallest absolute Gasteiger partial charge is 0.270 e. The van der Waals surface area contributed by atoms with Gasteiger partial charge in [0.15, 0.2) is 0 Å². The zero-order valence-electron chi connectivity index (χ0n) is 15.8. The summed E-state index contributed by atoms with van der Waals surface area (Å²) in [6.45, 7) is 1.69. The number of carbonyl (C=O) groups excluding carboxylic acids is 1. The highest BCUT2D eigenvalue weighted by Gasteiger charge is 2.24. The number of rotatable bonds is 5. The largest absolute Gasteiger partial charge is 0.497 e. The topological polar surface area (TPSA) is 45.3 Å². The van der Waals surface area contributed by atoms with Gasteiger partial charge in [0.05, 0.1) is 7.11 Å². The van der Waals surface area contributed by atoms with Gasteiger partial charge in [-0.3, -0.25) is 4.79 Å². The molecule has 1 aliphatic heterocycles. The van der Waals surface area contributed by atoms with E-state index in [1.165, 1.54) is 12.0 Å². The van der Waals surface area contributed by atoms with Crippen LogP contribution in [0.25, 0.3) is 10.9 Å². The van der Waals surface area contributed by atoms with Crippen LogP contribution in [0.3, 0.4) is 0 Å². The number of amides is 1. The van der Waals surface area contributed by atoms with E-state index in [0.717, 1.165) is 49.0 Å². The Morgan fingerprint density at radius 1 is 1.11 bits per heavy atom. The number of aromatic amines is 1. The highest BCUT2D eigenvalue weighted by Crippen LogP contribution is 2.25. The molecule has 4 nitrogen and oxygen atoms in total. The van der Waals surface area contributed by atoms with Gasteiger partial charge in [0.2, 0.25) is 0 Å². The van der Waals surface area contributed by atoms with Gasteiger partial charge in [-0.2, -0.15) is 0 Å². The van der Waals surface area contributed by atoms with E-state index in [0.29, 0.717) is 11.6 Å². The molecule has 1 amide bonds. The van der Waals surface area contributed by atoms with Crippen molar-refractivity contribution in [1.82, 2.24) is 9.88 Å². The number of piperidine rings is 1. The molecule has 0 spiro atoms. The van der Waals surface area contributed by atoms with Crippen molar-refractivity contribution in [3.05, 3.63) is 65.9 Å². The molecule has 27 heavy (non-hydrogen) atoms. The maximum absolute atomic E-state index is 12.9. The first-order valence-corrected chi connectivity index (χ1v) is 9.73. The van der Waals surface area contributed by atoms with Crippen LogP contribution in [-0.2, 0) is 6.42 Å². The van der Waals surface area contributed by atoms with Gasteiger partial charge in [0.1, 0.15) is 11.4 Å². The predicted octanol–water partition coefficient (Wildman–Crippen LogP) is 4.66. The zero-order valence-corrected chi connectivity index (χ0v) is 15.8. The number of H-pyrrole nitrogens is 1. The molecule has 2 aromatic carbocycles. The highest BCUT2D eigenvalue weighted by molar-refractivity contribution is 5.98. The van der Waals surface area contributed by atoms with Crippen molar-refractivity contribution >= 4 is 16.8 Å². The Morgan fingerprint density at radius 3 is 2.63 bits per heavy atom. The van der Waals surface area contributed by atoms with Gasteiger partial charge in [0, 0.05) is 30.1 Å². The number of hydrogen-bond acceptors (Lipinski definition) is 2. The van der Waals surface area contributed by atoms with E-state index in [9.17, 15) is 4.79 Å². The Labute approximate surface area is 160 Å². The fourth-order valence-electron chi connectivity index (χ4n) is 3.96. The van der Waals surface area contributed by atoms with E-state index < -0.39 is 0 Å². The number of nitrogens with one attached hydrogen (secondary N) is 1. The van der Waals surface area contributed by atoms with Crippen molar-refractivity contribution in [3.63, 3.8) is 0 Å². The minimum absolute atomic E-state index is 0.103. The second-order valence-electron chi connectivity index (χ2n) is 7.40. The van der Waals surface area contributed by atoms with E-state index in [-0.39, 0.29) is 5.91 Å². The number of likely N-dealkylation sites (tertiary alicyclic amines) is 1. The number of hydrogen-bond donors (Lipinski definition) is 1. The summed E-state index contributed by atoms with van der Waals surface area (Å²) in [7, 11) is 1.65. The first-order chi connectivity index (χ1) is 13.2. The third-order valence-corrected chi connectivity index (χ3v) is 5.65. The summed E-state index contributed by atoms with van der Waals surface area (Å²) >= 11 is 0. The SMILES string of the molecule is COc1ccc2cc(C(=O)N3CCC(CCc4ccccc4)CC3)[nH]c2c1. The molecule has 0 atom stereocenters. The third-order valence-electron chi connectivity index (χ3n) is 5.65. The van der Waals surface area contributed by atoms with E-state index in [1.54, 1.807) is 7.11 Å². The lowest BCUT2D eigenvalue weighted by atomic mass is 9.90. The molecule has 1 aromatic heterocycles. The number of nitrogens with zero attached hydrogens (tertiary/aromatic N) is 1. The van der Waals surface area contributed by atoms with Gasteiger partial charge < -0.3 is 14.6 Å². The van der Waals surface area contributed by atoms with Crippen molar-refractivity contribution in [3.8, 4) is 5.75 Å². The van der Waals surface area contributed by atoms with Crippen LogP contribution in [0.15, 0.2) is 54.6 Å². The number of aromatic nitrogens is 1. The molecule has 0 radical (unpaired) electrons. The molecule has 0 bridgehead atoms. The van der Waals surface area contributed by atoms with Crippen LogP contribution in [0.4, 0.5) is 0 Å². The van der Waals surface area contributed by atoms with Crippen LogP contribution >= 0.6 is 0 Å². The maximum atomic E-state index is 12.9. The summed E-state index contributed by atoms with van der Waals surface area (Å²) in [5, 5.41) is 1.04. The lowest BCUT2D eigenvalue weighted by Crippen LogP contribution is -2.38. The monoisotopic (exact) mass is 362 g/mol. The Morgan fingerprint density at radius 2 is 1.89 bits per heavy atom. The summed E-state index contributed by atoms with van der Waals surface area (Å²) in [6.07, 6.45) is 4.51. The number of carbonyl (C=O) groups is 1. The van der Waals surface area contributed by atoms with Crippen LogP contribution in [0.2, 0.25) is 0 Å². The minimum Gasteiger partial charge on any atom is -0.497 e. The summed E-state index contributed by atoms with van der Waals surface area (Å²) in [5.74, 6) is 1.61. The van der Waals surface area contributed by atoms with E-state index >= 15 is 0 Å². The Balaban J connectivity index is 1.34. The number of aryl methyl sites for hydroxylation is 1. The minimum atomic E-state index is 0.103. The van der Waals surface area contributed by atoms with E-state index in [1.807, 2.05) is 29.2 Å². The molecular weight excluding hydrogens is 336 g/mol. The van der Waals surface area contributed by atoms with Gasteiger partial charge >= 0.3 is 0 Å². The average molecular weight is 362 g/mol. The second-order valence-corrected chi connectivity index (χ2v) is 7.40. The molecule has 4 rings (SSSR count). The van der Waals surface area contributed by atoms with Crippen molar-refractivity contribution in [1.29, 1.82) is 0 Å². The van der Waals surface area contributed by atoms with Crippen molar-refractivity contribution in [2.24, 2.45) is 5.92 Å². The summed E-state index contributed by atoms with van der Waals surface area (Å²) in [6, 6.07) is 18.4. The Hall–Kier alpha value is -2.75. The second kappa shape index (κ2) is 7.87. The third kappa shape index (κ3) is 4.00. The lowest BCUT2D eigenvalue weighted by molar-refractivity contribution is 0.0682. The van der Waals surface area contributed by atoms with E-state index in [4.69, 9.17) is 4.74 Å².